The Kier molecular flexibility index (Phi) is 2.55. The van der Waals surface area contributed by atoms with Gasteiger partial charge in [0.05, 0.1) is 14.1 Å². The van der Waals surface area contributed by atoms with Gasteiger partial charge in [0.15, 0.2) is 0 Å². The van der Waals surface area contributed by atoms with Gasteiger partial charge in [-0.15, -0.1) is 22.7 Å². The third kappa shape index (κ3) is 1.60. The molecule has 0 radical (unpaired) electrons. The van der Waals surface area contributed by atoms with Crippen LogP contribution in [0.4, 0.5) is 0 Å². The van der Waals surface area contributed by atoms with Crippen molar-refractivity contribution < 1.29 is 4.79 Å². The maximum Gasteiger partial charge on any atom is 0.263 e. The van der Waals surface area contributed by atoms with Crippen LogP contribution in [0.1, 0.15) is 9.67 Å². The average Bonchev–Trinajstić information content (AvgIpc) is 2.51. The van der Waals surface area contributed by atoms with Gasteiger partial charge in [-0.25, -0.2) is 0 Å². The molecule has 0 aromatic carbocycles. The molecule has 0 saturated heterocycles. The van der Waals surface area contributed by atoms with Crippen LogP contribution in [-0.4, -0.2) is 5.24 Å². The molecule has 2 heterocycles. The Morgan fingerprint density at radius 2 is 2.00 bits per heavy atom. The van der Waals surface area contributed by atoms with Crippen LogP contribution < -0.4 is 0 Å². The van der Waals surface area contributed by atoms with Crippen LogP contribution >= 0.6 is 57.5 Å². The second-order valence-electron chi connectivity index (χ2n) is 2.26. The molecular weight excluding hydrogens is 271 g/mol. The number of carbonyl (C=O) groups is 1. The molecule has 2 aromatic heterocycles. The second-order valence-corrected chi connectivity index (χ2v) is 5.72. The molecule has 0 aliphatic rings. The van der Waals surface area contributed by atoms with E-state index in [9.17, 15) is 4.79 Å². The number of hydrogen-bond donors (Lipinski definition) is 0. The van der Waals surface area contributed by atoms with Crippen LogP contribution in [0, 0.1) is 0 Å². The van der Waals surface area contributed by atoms with Gasteiger partial charge in [0.1, 0.15) is 4.88 Å². The molecule has 0 aliphatic carbocycles. The predicted octanol–water partition coefficient (Wildman–Crippen LogP) is 4.65. The normalized spacial score (nSPS) is 11.0. The Morgan fingerprint density at radius 3 is 2.54 bits per heavy atom. The lowest BCUT2D eigenvalue weighted by Crippen LogP contribution is -1.81. The smallest absolute Gasteiger partial charge is 0.263 e. The van der Waals surface area contributed by atoms with Gasteiger partial charge in [0.2, 0.25) is 0 Å². The van der Waals surface area contributed by atoms with Crippen LogP contribution in [0.25, 0.3) is 9.40 Å². The van der Waals surface area contributed by atoms with Gasteiger partial charge in [-0.3, -0.25) is 4.79 Å². The number of carbonyl (C=O) groups excluding carboxylic acids is 1. The van der Waals surface area contributed by atoms with Gasteiger partial charge >= 0.3 is 0 Å². The van der Waals surface area contributed by atoms with E-state index < -0.39 is 5.24 Å². The van der Waals surface area contributed by atoms with Crippen molar-refractivity contribution in [3.05, 3.63) is 20.3 Å². The summed E-state index contributed by atoms with van der Waals surface area (Å²) < 4.78 is 2.40. The van der Waals surface area contributed by atoms with Crippen molar-refractivity contribution in [3.8, 4) is 0 Å². The molecule has 0 aliphatic heterocycles. The van der Waals surface area contributed by atoms with E-state index in [0.29, 0.717) is 14.2 Å². The highest BCUT2D eigenvalue weighted by atomic mass is 35.5. The maximum absolute atomic E-state index is 10.9. The van der Waals surface area contributed by atoms with Crippen molar-refractivity contribution in [2.75, 3.05) is 0 Å². The number of thiophene rings is 2. The summed E-state index contributed by atoms with van der Waals surface area (Å²) in [6.07, 6.45) is 0. The Bertz CT molecular complexity index is 485. The van der Waals surface area contributed by atoms with Gasteiger partial charge in [-0.2, -0.15) is 0 Å². The van der Waals surface area contributed by atoms with E-state index in [2.05, 4.69) is 0 Å². The summed E-state index contributed by atoms with van der Waals surface area (Å²) in [5.74, 6) is 0. The SMILES string of the molecule is O=C(Cl)c1sc2cc(Cl)sc2c1Cl. The van der Waals surface area contributed by atoms with Gasteiger partial charge in [-0.05, 0) is 17.7 Å². The minimum atomic E-state index is -0.519. The maximum atomic E-state index is 10.9. The van der Waals surface area contributed by atoms with E-state index in [1.165, 1.54) is 22.7 Å². The molecule has 0 unspecified atom stereocenters. The highest BCUT2D eigenvalue weighted by molar-refractivity contribution is 7.32. The molecule has 13 heavy (non-hydrogen) atoms. The van der Waals surface area contributed by atoms with E-state index in [-0.39, 0.29) is 0 Å². The molecule has 2 rings (SSSR count). The number of hydrogen-bond acceptors (Lipinski definition) is 3. The van der Waals surface area contributed by atoms with Crippen molar-refractivity contribution in [1.29, 1.82) is 0 Å². The molecule has 0 spiro atoms. The highest BCUT2D eigenvalue weighted by Gasteiger charge is 2.17. The quantitative estimate of drug-likeness (QED) is 0.690. The van der Waals surface area contributed by atoms with Crippen LogP contribution in [0.3, 0.4) is 0 Å². The molecule has 0 N–H and O–H groups in total. The van der Waals surface area contributed by atoms with E-state index >= 15 is 0 Å². The molecule has 0 fully saturated rings. The Hall–Kier alpha value is 0.200. The van der Waals surface area contributed by atoms with Gasteiger partial charge in [-0.1, -0.05) is 23.2 Å². The zero-order valence-corrected chi connectivity index (χ0v) is 9.84. The van der Waals surface area contributed by atoms with E-state index in [4.69, 9.17) is 34.8 Å². The first-order chi connectivity index (χ1) is 6.09. The first-order valence-electron chi connectivity index (χ1n) is 3.16. The summed E-state index contributed by atoms with van der Waals surface area (Å²) in [5.41, 5.74) is 0. The minimum absolute atomic E-state index is 0.390. The summed E-state index contributed by atoms with van der Waals surface area (Å²) in [6.45, 7) is 0. The highest BCUT2D eigenvalue weighted by Crippen LogP contribution is 2.42. The summed E-state index contributed by atoms with van der Waals surface area (Å²) in [7, 11) is 0. The fourth-order valence-corrected chi connectivity index (χ4v) is 4.07. The molecule has 0 saturated carbocycles. The lowest BCUT2D eigenvalue weighted by atomic mass is 10.4. The fraction of sp³-hybridized carbons (Fsp3) is 0. The van der Waals surface area contributed by atoms with Crippen molar-refractivity contribution in [2.24, 2.45) is 0 Å². The molecule has 0 atom stereocenters. The Labute approximate surface area is 96.8 Å². The Balaban J connectivity index is 2.76. The molecular formula is C7HCl3OS2. The summed E-state index contributed by atoms with van der Waals surface area (Å²) in [5, 5.41) is -0.105. The van der Waals surface area contributed by atoms with Crippen molar-refractivity contribution in [2.45, 2.75) is 0 Å². The third-order valence-corrected chi connectivity index (χ3v) is 4.91. The van der Waals surface area contributed by atoms with Gasteiger partial charge < -0.3 is 0 Å². The van der Waals surface area contributed by atoms with Crippen LogP contribution in [0.2, 0.25) is 9.36 Å². The van der Waals surface area contributed by atoms with Crippen LogP contribution in [0.5, 0.6) is 0 Å². The molecule has 6 heteroatoms. The number of halogens is 3. The molecule has 1 nitrogen and oxygen atoms in total. The lowest BCUT2D eigenvalue weighted by Gasteiger charge is -1.85. The summed E-state index contributed by atoms with van der Waals surface area (Å²) in [6, 6.07) is 1.78. The van der Waals surface area contributed by atoms with Gasteiger partial charge in [0.25, 0.3) is 5.24 Å². The number of rotatable bonds is 1. The van der Waals surface area contributed by atoms with Crippen LogP contribution in [0.15, 0.2) is 6.07 Å². The van der Waals surface area contributed by atoms with E-state index in [1.54, 1.807) is 6.07 Å². The first kappa shape index (κ1) is 9.74. The Morgan fingerprint density at radius 1 is 1.31 bits per heavy atom. The van der Waals surface area contributed by atoms with Crippen molar-refractivity contribution >= 4 is 72.1 Å². The largest absolute Gasteiger partial charge is 0.275 e. The fourth-order valence-electron chi connectivity index (χ4n) is 0.959. The molecule has 2 aromatic rings. The molecule has 68 valence electrons. The predicted molar refractivity (Wildman–Crippen MR) is 59.9 cm³/mol. The van der Waals surface area contributed by atoms with Crippen molar-refractivity contribution in [3.63, 3.8) is 0 Å². The first-order valence-corrected chi connectivity index (χ1v) is 5.93. The zero-order chi connectivity index (χ0) is 9.59. The monoisotopic (exact) mass is 270 g/mol. The van der Waals surface area contributed by atoms with Crippen molar-refractivity contribution in [1.82, 2.24) is 0 Å². The zero-order valence-electron chi connectivity index (χ0n) is 5.94. The topological polar surface area (TPSA) is 17.1 Å². The summed E-state index contributed by atoms with van der Waals surface area (Å²) in [4.78, 5) is 11.3. The van der Waals surface area contributed by atoms with Crippen LogP contribution in [-0.2, 0) is 0 Å². The lowest BCUT2D eigenvalue weighted by molar-refractivity contribution is 0.108. The molecule has 0 amide bonds. The van der Waals surface area contributed by atoms with E-state index in [1.807, 2.05) is 0 Å². The van der Waals surface area contributed by atoms with E-state index in [0.717, 1.165) is 9.40 Å². The number of fused-ring (bicyclic) bond motifs is 1. The summed E-state index contributed by atoms with van der Waals surface area (Å²) >= 11 is 19.7. The minimum Gasteiger partial charge on any atom is -0.275 e. The van der Waals surface area contributed by atoms with Gasteiger partial charge in [0, 0.05) is 4.70 Å². The standard InChI is InChI=1S/C7HCl3OS2/c8-3-1-2-5(13-3)4(9)6(12-2)7(10)11/h1H. The average molecular weight is 272 g/mol. The third-order valence-electron chi connectivity index (χ3n) is 1.46. The second kappa shape index (κ2) is 3.41. The molecule has 0 bridgehead atoms.